The number of rotatable bonds is 4. The number of nitrogens with zero attached hydrogens (tertiary/aromatic N) is 1. The molecule has 3 aliphatic rings. The molecule has 2 saturated heterocycles. The molecule has 3 unspecified atom stereocenters. The van der Waals surface area contributed by atoms with E-state index in [9.17, 15) is 0 Å². The normalized spacial score (nSPS) is 37.8. The third-order valence-corrected chi connectivity index (χ3v) is 5.01. The van der Waals surface area contributed by atoms with Crippen LogP contribution in [0.4, 0.5) is 0 Å². The van der Waals surface area contributed by atoms with E-state index < -0.39 is 0 Å². The molecular weight excluding hydrogens is 250 g/mol. The third-order valence-electron chi connectivity index (χ3n) is 5.01. The zero-order chi connectivity index (χ0) is 14.0. The van der Waals surface area contributed by atoms with Crippen molar-refractivity contribution in [3.63, 3.8) is 0 Å². The lowest BCUT2D eigenvalue weighted by Gasteiger charge is -2.40. The summed E-state index contributed by atoms with van der Waals surface area (Å²) >= 11 is 0. The van der Waals surface area contributed by atoms with Gasteiger partial charge in [0.1, 0.15) is 11.7 Å². The predicted octanol–water partition coefficient (Wildman–Crippen LogP) is 2.92. The molecule has 20 heavy (non-hydrogen) atoms. The molecule has 0 aromatic rings. The number of likely N-dealkylation sites (tertiary alicyclic amines) is 1. The van der Waals surface area contributed by atoms with E-state index in [0.29, 0.717) is 13.2 Å². The van der Waals surface area contributed by atoms with Crippen LogP contribution in [0.3, 0.4) is 0 Å². The minimum absolute atomic E-state index is 0.0943. The predicted molar refractivity (Wildman–Crippen MR) is 80.8 cm³/mol. The topological polar surface area (TPSA) is 21.7 Å². The van der Waals surface area contributed by atoms with E-state index in [2.05, 4.69) is 37.0 Å². The maximum atomic E-state index is 5.86. The summed E-state index contributed by atoms with van der Waals surface area (Å²) < 4.78 is 11.7. The fourth-order valence-corrected chi connectivity index (χ4v) is 3.65. The molecule has 0 aromatic heterocycles. The van der Waals surface area contributed by atoms with E-state index >= 15 is 0 Å². The molecule has 2 heterocycles. The van der Waals surface area contributed by atoms with Crippen LogP contribution in [0.5, 0.6) is 0 Å². The van der Waals surface area contributed by atoms with Crippen LogP contribution >= 0.6 is 0 Å². The molecule has 0 aromatic carbocycles. The van der Waals surface area contributed by atoms with Gasteiger partial charge in [0.2, 0.25) is 0 Å². The number of hydrogen-bond acceptors (Lipinski definition) is 3. The highest BCUT2D eigenvalue weighted by Crippen LogP contribution is 2.31. The Kier molecular flexibility index (Phi) is 4.29. The highest BCUT2D eigenvalue weighted by atomic mass is 16.6. The van der Waals surface area contributed by atoms with Crippen LogP contribution in [0.2, 0.25) is 0 Å². The second-order valence-corrected chi connectivity index (χ2v) is 6.39. The zero-order valence-electron chi connectivity index (χ0n) is 12.8. The Balaban J connectivity index is 1.57. The molecular formula is C17H27NO2. The summed E-state index contributed by atoms with van der Waals surface area (Å²) in [7, 11) is 0. The maximum Gasteiger partial charge on any atom is 0.113 e. The van der Waals surface area contributed by atoms with Crippen LogP contribution in [0.25, 0.3) is 0 Å². The second kappa shape index (κ2) is 6.00. The van der Waals surface area contributed by atoms with E-state index in [1.54, 1.807) is 0 Å². The largest absolute Gasteiger partial charge is 0.368 e. The molecule has 0 amide bonds. The lowest BCUT2D eigenvalue weighted by atomic mass is 9.89. The first-order valence-corrected chi connectivity index (χ1v) is 8.11. The molecule has 3 nitrogen and oxygen atoms in total. The number of allylic oxidation sites excluding steroid dienone is 1. The summed E-state index contributed by atoms with van der Waals surface area (Å²) in [6.45, 7) is 8.29. The standard InChI is InChI=1S/C17H27NO2/c1-3-15-5-4-9-18(15)10-7-14-6-8-17(2)16(13-14)19-11-12-20-17/h6,8,13,15-16H,3-5,7,9-12H2,1-2H3. The van der Waals surface area contributed by atoms with Crippen molar-refractivity contribution in [3.05, 3.63) is 23.8 Å². The molecule has 0 N–H and O–H groups in total. The quantitative estimate of drug-likeness (QED) is 0.788. The lowest BCUT2D eigenvalue weighted by molar-refractivity contribution is -0.155. The minimum atomic E-state index is -0.249. The minimum Gasteiger partial charge on any atom is -0.368 e. The van der Waals surface area contributed by atoms with E-state index in [-0.39, 0.29) is 11.7 Å². The van der Waals surface area contributed by atoms with Gasteiger partial charge in [0.15, 0.2) is 0 Å². The Labute approximate surface area is 122 Å². The average molecular weight is 277 g/mol. The summed E-state index contributed by atoms with van der Waals surface area (Å²) in [5.41, 5.74) is 1.15. The van der Waals surface area contributed by atoms with Gasteiger partial charge < -0.3 is 14.4 Å². The van der Waals surface area contributed by atoms with Gasteiger partial charge in [-0.15, -0.1) is 0 Å². The molecule has 0 saturated carbocycles. The summed E-state index contributed by atoms with van der Waals surface area (Å²) in [4.78, 5) is 2.65. The Morgan fingerprint density at radius 3 is 3.15 bits per heavy atom. The van der Waals surface area contributed by atoms with E-state index in [1.807, 2.05) is 0 Å². The van der Waals surface area contributed by atoms with E-state index in [0.717, 1.165) is 12.5 Å². The molecule has 2 aliphatic heterocycles. The number of ether oxygens (including phenoxy) is 2. The summed E-state index contributed by atoms with van der Waals surface area (Å²) in [5, 5.41) is 0. The van der Waals surface area contributed by atoms with Crippen molar-refractivity contribution in [1.82, 2.24) is 4.90 Å². The van der Waals surface area contributed by atoms with Gasteiger partial charge in [0.25, 0.3) is 0 Å². The Hall–Kier alpha value is -0.640. The van der Waals surface area contributed by atoms with Crippen molar-refractivity contribution in [2.24, 2.45) is 0 Å². The van der Waals surface area contributed by atoms with Crippen molar-refractivity contribution >= 4 is 0 Å². The molecule has 2 fully saturated rings. The van der Waals surface area contributed by atoms with Crippen LogP contribution in [0.1, 0.15) is 39.5 Å². The number of fused-ring (bicyclic) bond motifs is 1. The summed E-state index contributed by atoms with van der Waals surface area (Å²) in [6, 6.07) is 0.808. The van der Waals surface area contributed by atoms with Gasteiger partial charge in [-0.25, -0.2) is 0 Å². The van der Waals surface area contributed by atoms with Crippen LogP contribution < -0.4 is 0 Å². The third kappa shape index (κ3) is 2.85. The molecule has 112 valence electrons. The Morgan fingerprint density at radius 1 is 1.40 bits per heavy atom. The van der Waals surface area contributed by atoms with Gasteiger partial charge in [-0.05, 0) is 56.9 Å². The molecule has 0 spiro atoms. The first kappa shape index (κ1) is 14.3. The maximum absolute atomic E-state index is 5.86. The van der Waals surface area contributed by atoms with E-state index in [4.69, 9.17) is 9.47 Å². The average Bonchev–Trinajstić information content (AvgIpc) is 2.92. The van der Waals surface area contributed by atoms with Crippen molar-refractivity contribution < 1.29 is 9.47 Å². The van der Waals surface area contributed by atoms with Gasteiger partial charge >= 0.3 is 0 Å². The lowest BCUT2D eigenvalue weighted by Crippen LogP contribution is -2.47. The van der Waals surface area contributed by atoms with Crippen molar-refractivity contribution in [2.75, 3.05) is 26.3 Å². The van der Waals surface area contributed by atoms with E-state index in [1.165, 1.54) is 37.9 Å². The fourth-order valence-electron chi connectivity index (χ4n) is 3.65. The Bertz CT molecular complexity index is 404. The first-order valence-electron chi connectivity index (χ1n) is 8.11. The molecule has 0 bridgehead atoms. The van der Waals surface area contributed by atoms with Gasteiger partial charge in [-0.1, -0.05) is 13.0 Å². The molecule has 3 rings (SSSR count). The molecule has 0 radical (unpaired) electrons. The van der Waals surface area contributed by atoms with Gasteiger partial charge in [-0.3, -0.25) is 0 Å². The monoisotopic (exact) mass is 277 g/mol. The summed E-state index contributed by atoms with van der Waals surface area (Å²) in [5.74, 6) is 0. The van der Waals surface area contributed by atoms with Gasteiger partial charge in [-0.2, -0.15) is 0 Å². The highest BCUT2D eigenvalue weighted by Gasteiger charge is 2.37. The fraction of sp³-hybridized carbons (Fsp3) is 0.765. The van der Waals surface area contributed by atoms with Crippen LogP contribution in [-0.4, -0.2) is 49.0 Å². The molecule has 3 atom stereocenters. The summed E-state index contributed by atoms with van der Waals surface area (Å²) in [6.07, 6.45) is 12.0. The van der Waals surface area contributed by atoms with Crippen LogP contribution in [0.15, 0.2) is 23.8 Å². The SMILES string of the molecule is CCC1CCCN1CCC1=CC2OCCOC2(C)C=C1. The van der Waals surface area contributed by atoms with Gasteiger partial charge in [0.05, 0.1) is 13.2 Å². The van der Waals surface area contributed by atoms with Crippen molar-refractivity contribution in [2.45, 2.75) is 57.3 Å². The molecule has 1 aliphatic carbocycles. The molecule has 3 heteroatoms. The van der Waals surface area contributed by atoms with Crippen LogP contribution in [-0.2, 0) is 9.47 Å². The smallest absolute Gasteiger partial charge is 0.113 e. The zero-order valence-corrected chi connectivity index (χ0v) is 12.8. The van der Waals surface area contributed by atoms with Crippen molar-refractivity contribution in [1.29, 1.82) is 0 Å². The number of hydrogen-bond donors (Lipinski definition) is 0. The van der Waals surface area contributed by atoms with Crippen molar-refractivity contribution in [3.8, 4) is 0 Å². The Morgan fingerprint density at radius 2 is 2.30 bits per heavy atom. The van der Waals surface area contributed by atoms with Crippen LogP contribution in [0, 0.1) is 0 Å². The first-order chi connectivity index (χ1) is 9.71. The van der Waals surface area contributed by atoms with Gasteiger partial charge in [0, 0.05) is 12.6 Å². The second-order valence-electron chi connectivity index (χ2n) is 6.39. The highest BCUT2D eigenvalue weighted by molar-refractivity contribution is 5.31.